The van der Waals surface area contributed by atoms with Gasteiger partial charge in [0.05, 0.1) is 11.5 Å². The molecule has 14 heteroatoms. The number of hydrogen-bond acceptors (Lipinski definition) is 8. The molecule has 4 rings (SSSR count). The van der Waals surface area contributed by atoms with Crippen LogP contribution in [0.1, 0.15) is 80.2 Å². The summed E-state index contributed by atoms with van der Waals surface area (Å²) in [6.45, 7) is 27.4. The molecule has 1 aromatic carbocycles. The van der Waals surface area contributed by atoms with E-state index in [9.17, 15) is 9.59 Å². The van der Waals surface area contributed by atoms with Crippen LogP contribution < -0.4 is 4.90 Å². The molecule has 302 valence electrons. The van der Waals surface area contributed by atoms with Crippen LogP contribution in [0.15, 0.2) is 68.2 Å². The fraction of sp³-hybridized carbons (Fsp3) is 0.561. The molecule has 0 aliphatic carbocycles. The third-order valence-electron chi connectivity index (χ3n) is 12.4. The van der Waals surface area contributed by atoms with Crippen LogP contribution in [-0.2, 0) is 27.6 Å². The Labute approximate surface area is 337 Å². The van der Waals surface area contributed by atoms with Gasteiger partial charge in [-0.25, -0.2) is 14.9 Å². The lowest BCUT2D eigenvalue weighted by molar-refractivity contribution is -0.121. The Hall–Kier alpha value is -2.76. The van der Waals surface area contributed by atoms with Crippen molar-refractivity contribution in [3.05, 3.63) is 78.8 Å². The lowest BCUT2D eigenvalue weighted by atomic mass is 9.99. The molecule has 1 aliphatic rings. The second-order valence-electron chi connectivity index (χ2n) is 14.6. The molecule has 0 N–H and O–H groups in total. The third kappa shape index (κ3) is 9.19. The summed E-state index contributed by atoms with van der Waals surface area (Å²) in [7, 11) is -6.81. The first kappa shape index (κ1) is 44.9. The van der Waals surface area contributed by atoms with Crippen LogP contribution in [0.2, 0.25) is 59.4 Å². The van der Waals surface area contributed by atoms with E-state index in [1.54, 1.807) is 0 Å². The van der Waals surface area contributed by atoms with Crippen molar-refractivity contribution in [3.8, 4) is 0 Å². The maximum atomic E-state index is 13.1. The van der Waals surface area contributed by atoms with E-state index in [1.807, 2.05) is 29.0 Å². The van der Waals surface area contributed by atoms with Gasteiger partial charge < -0.3 is 22.6 Å². The zero-order chi connectivity index (χ0) is 40.6. The molecule has 2 amide bonds. The van der Waals surface area contributed by atoms with Gasteiger partial charge in [-0.05, 0) is 90.3 Å². The van der Waals surface area contributed by atoms with E-state index in [-0.39, 0.29) is 5.82 Å². The Balaban J connectivity index is 2.05. The molecule has 0 bridgehead atoms. The number of ether oxygens (including phenoxy) is 1. The highest BCUT2D eigenvalue weighted by molar-refractivity contribution is 6.74. The fourth-order valence-electron chi connectivity index (χ4n) is 8.06. The van der Waals surface area contributed by atoms with Crippen LogP contribution in [0.4, 0.5) is 5.82 Å². The van der Waals surface area contributed by atoms with Gasteiger partial charge >= 0.3 is 0 Å². The van der Waals surface area contributed by atoms with E-state index in [0.717, 1.165) is 77.0 Å². The van der Waals surface area contributed by atoms with Crippen LogP contribution in [0.25, 0.3) is 11.0 Å². The number of amides is 2. The van der Waals surface area contributed by atoms with Crippen molar-refractivity contribution in [1.82, 2.24) is 14.5 Å². The molecule has 1 fully saturated rings. The highest BCUT2D eigenvalue weighted by atomic mass is 35.5. The molecule has 0 radical (unpaired) electrons. The first-order chi connectivity index (χ1) is 26.4. The summed E-state index contributed by atoms with van der Waals surface area (Å²) < 4.78 is 32.2. The summed E-state index contributed by atoms with van der Waals surface area (Å²) in [5.74, 6) is -1.10. The number of nitrogens with zero attached hydrogens (tertiary/aromatic N) is 4. The summed E-state index contributed by atoms with van der Waals surface area (Å²) in [5.41, 5.74) is 1.48. The zero-order valence-corrected chi connectivity index (χ0v) is 38.2. The van der Waals surface area contributed by atoms with E-state index < -0.39 is 67.4 Å². The Morgan fingerprint density at radius 1 is 0.782 bits per heavy atom. The van der Waals surface area contributed by atoms with Gasteiger partial charge in [0.25, 0.3) is 11.8 Å². The molecule has 1 saturated heterocycles. The van der Waals surface area contributed by atoms with Crippen LogP contribution >= 0.6 is 11.6 Å². The Morgan fingerprint density at radius 3 is 1.75 bits per heavy atom. The molecule has 1 aliphatic heterocycles. The molecule has 0 unspecified atom stereocenters. The van der Waals surface area contributed by atoms with Crippen molar-refractivity contribution in [2.75, 3.05) is 4.90 Å². The quantitative estimate of drug-likeness (QED) is 0.0772. The number of carbonyl (C=O) groups is 2. The number of benzene rings is 1. The van der Waals surface area contributed by atoms with Gasteiger partial charge in [-0.2, -0.15) is 0 Å². The predicted molar refractivity (Wildman–Crippen MR) is 231 cm³/mol. The van der Waals surface area contributed by atoms with Crippen molar-refractivity contribution in [1.29, 1.82) is 0 Å². The highest BCUT2D eigenvalue weighted by Gasteiger charge is 2.56. The SMILES string of the molecule is C=CC(=O)N(C(=O)C=C)c1ncnc2c1ccn2[C@@H]1O[C@H]([C@H](O[Si](CC)(CC)CC)c2ccc(Cl)cc2)[C@@H](O[Si](CC)(CC)CC)[C@H]1O[Si](CC)(CC)CC. The second-order valence-corrected chi connectivity index (χ2v) is 29.2. The number of carbonyl (C=O) groups excluding carboxylic acids is 2. The van der Waals surface area contributed by atoms with Crippen molar-refractivity contribution < 1.29 is 27.6 Å². The second kappa shape index (κ2) is 19.6. The Morgan fingerprint density at radius 2 is 1.27 bits per heavy atom. The first-order valence-electron chi connectivity index (χ1n) is 20.3. The van der Waals surface area contributed by atoms with Gasteiger partial charge in [-0.3, -0.25) is 9.59 Å². The summed E-state index contributed by atoms with van der Waals surface area (Å²) in [6, 6.07) is 18.3. The molecule has 5 atom stereocenters. The zero-order valence-electron chi connectivity index (χ0n) is 34.5. The molecule has 0 spiro atoms. The van der Waals surface area contributed by atoms with E-state index >= 15 is 0 Å². The smallest absolute Gasteiger partial charge is 0.258 e. The summed E-state index contributed by atoms with van der Waals surface area (Å²) in [4.78, 5) is 36.2. The van der Waals surface area contributed by atoms with E-state index in [0.29, 0.717) is 16.1 Å². The van der Waals surface area contributed by atoms with Crippen LogP contribution in [0.5, 0.6) is 0 Å². The average Bonchev–Trinajstić information content (AvgIpc) is 3.81. The molecule has 10 nitrogen and oxygen atoms in total. The predicted octanol–water partition coefficient (Wildman–Crippen LogP) is 10.8. The summed E-state index contributed by atoms with van der Waals surface area (Å²) in [5, 5.41) is 1.15. The molecule has 3 heterocycles. The third-order valence-corrected chi connectivity index (χ3v) is 26.6. The normalized spacial score (nSPS) is 19.7. The molecular weight excluding hydrogens is 764 g/mol. The molecule has 3 aromatic rings. The molecule has 0 saturated carbocycles. The lowest BCUT2D eigenvalue weighted by Crippen LogP contribution is -2.53. The van der Waals surface area contributed by atoms with Crippen LogP contribution in [-0.4, -0.2) is 69.6 Å². The Bertz CT molecular complexity index is 1720. The Kier molecular flexibility index (Phi) is 16.0. The minimum absolute atomic E-state index is 0.138. The van der Waals surface area contributed by atoms with Crippen molar-refractivity contribution in [3.63, 3.8) is 0 Å². The number of halogens is 1. The summed E-state index contributed by atoms with van der Waals surface area (Å²) in [6.07, 6.45) is 2.76. The van der Waals surface area contributed by atoms with Gasteiger partial charge in [0.2, 0.25) is 0 Å². The van der Waals surface area contributed by atoms with E-state index in [2.05, 4.69) is 92.6 Å². The highest BCUT2D eigenvalue weighted by Crippen LogP contribution is 2.47. The molecule has 55 heavy (non-hydrogen) atoms. The van der Waals surface area contributed by atoms with Gasteiger partial charge in [0.15, 0.2) is 37.0 Å². The number of fused-ring (bicyclic) bond motifs is 1. The van der Waals surface area contributed by atoms with Crippen molar-refractivity contribution in [2.45, 2.75) is 147 Å². The lowest BCUT2D eigenvalue weighted by Gasteiger charge is -2.42. The minimum atomic E-state index is -2.30. The largest absolute Gasteiger partial charge is 0.408 e. The van der Waals surface area contributed by atoms with E-state index in [1.165, 1.54) is 6.33 Å². The first-order valence-corrected chi connectivity index (χ1v) is 28.2. The topological polar surface area (TPSA) is 105 Å². The molecule has 2 aromatic heterocycles. The number of hydrogen-bond donors (Lipinski definition) is 0. The van der Waals surface area contributed by atoms with Gasteiger partial charge in [0, 0.05) is 11.2 Å². The number of rotatable bonds is 21. The minimum Gasteiger partial charge on any atom is -0.408 e. The van der Waals surface area contributed by atoms with Gasteiger partial charge in [-0.15, -0.1) is 0 Å². The fourth-order valence-corrected chi connectivity index (χ4v) is 16.7. The van der Waals surface area contributed by atoms with Crippen molar-refractivity contribution >= 4 is 65.2 Å². The number of anilines is 1. The average molecular weight is 828 g/mol. The van der Waals surface area contributed by atoms with Gasteiger partial charge in [0.1, 0.15) is 30.3 Å². The molecular formula is C41H63ClN4O6Si3. The number of aromatic nitrogens is 3. The number of imide groups is 1. The standard InChI is InChI=1S/C41H63ClN4O6Si3/c1-12-33(47)46(34(48)13-2)40-32-27-28-45(39(32)43-29-44-40)41-38(52-55(20-9,21-10)22-11)37(51-54(17-6,18-7)19-8)36(49-41)35(30-23-25-31(42)26-24-30)50-53(14-3,15-4)16-5/h12-13,23-29,35-38,41H,1-2,14-22H2,3-11H3/t35-,36-,37-,38-,41-/m1/s1. The maximum Gasteiger partial charge on any atom is 0.258 e. The summed E-state index contributed by atoms with van der Waals surface area (Å²) >= 11 is 6.48. The maximum absolute atomic E-state index is 13.1. The monoisotopic (exact) mass is 826 g/mol. The van der Waals surface area contributed by atoms with Crippen molar-refractivity contribution in [2.24, 2.45) is 0 Å². The van der Waals surface area contributed by atoms with E-state index in [4.69, 9.17) is 34.6 Å². The van der Waals surface area contributed by atoms with Gasteiger partial charge in [-0.1, -0.05) is 99.2 Å². The van der Waals surface area contributed by atoms with Crippen LogP contribution in [0.3, 0.4) is 0 Å². The van der Waals surface area contributed by atoms with Crippen LogP contribution in [0, 0.1) is 0 Å².